The Bertz CT molecular complexity index is 767. The van der Waals surface area contributed by atoms with E-state index >= 15 is 0 Å². The van der Waals surface area contributed by atoms with E-state index in [-0.39, 0.29) is 6.04 Å². The van der Waals surface area contributed by atoms with Crippen LogP contribution < -0.4 is 4.65 Å². The summed E-state index contributed by atoms with van der Waals surface area (Å²) in [5.74, 6) is 1.21. The number of hydroxylamine groups is 2. The van der Waals surface area contributed by atoms with Gasteiger partial charge in [-0.05, 0) is 25.0 Å². The number of hydrogen-bond donors (Lipinski definition) is 1. The first-order chi connectivity index (χ1) is 11.3. The van der Waals surface area contributed by atoms with E-state index in [4.69, 9.17) is 4.42 Å². The number of piperidine rings is 1. The third-order valence-electron chi connectivity index (χ3n) is 4.59. The molecule has 3 heterocycles. The lowest BCUT2D eigenvalue weighted by Gasteiger charge is -2.47. The maximum absolute atomic E-state index is 13.6. The van der Waals surface area contributed by atoms with Gasteiger partial charge >= 0.3 is 5.95 Å². The normalized spacial score (nSPS) is 24.7. The van der Waals surface area contributed by atoms with Crippen LogP contribution in [0, 0.1) is 5.21 Å². The summed E-state index contributed by atoms with van der Waals surface area (Å²) in [5.41, 5.74) is 1.81. The average molecular weight is 309 g/mol. The van der Waals surface area contributed by atoms with Gasteiger partial charge in [-0.1, -0.05) is 30.3 Å². The van der Waals surface area contributed by atoms with Gasteiger partial charge in [-0.25, -0.2) is 0 Å². The van der Waals surface area contributed by atoms with E-state index in [0.29, 0.717) is 12.5 Å². The zero-order chi connectivity index (χ0) is 15.7. The van der Waals surface area contributed by atoms with Crippen LogP contribution in [0.4, 0.5) is 5.95 Å². The van der Waals surface area contributed by atoms with E-state index in [1.807, 2.05) is 48.7 Å². The van der Waals surface area contributed by atoms with E-state index in [2.05, 4.69) is 9.97 Å². The minimum absolute atomic E-state index is 0.228. The van der Waals surface area contributed by atoms with E-state index < -0.39 is 4.65 Å². The van der Waals surface area contributed by atoms with Crippen LogP contribution in [0.2, 0.25) is 0 Å². The first-order valence-corrected chi connectivity index (χ1v) is 8.01. The molecule has 5 heteroatoms. The van der Waals surface area contributed by atoms with Crippen LogP contribution in [0.1, 0.15) is 31.1 Å². The standard InChI is InChI=1S/C18H19N3O2/c22-21(11-5-4-9-16(21)17-10-6-12-23-17)18-19-13-15(20-18)14-7-2-1-3-8-14/h1-3,6-8,10,12-13,16H,4-5,9,11H2,(H,19,20). The second kappa shape index (κ2) is 5.68. The second-order valence-electron chi connectivity index (χ2n) is 6.02. The minimum atomic E-state index is -0.472. The van der Waals surface area contributed by atoms with Crippen molar-refractivity contribution in [3.05, 3.63) is 65.9 Å². The number of rotatable bonds is 3. The molecule has 1 aliphatic heterocycles. The summed E-state index contributed by atoms with van der Waals surface area (Å²) in [5, 5.41) is 13.6. The van der Waals surface area contributed by atoms with E-state index in [9.17, 15) is 5.21 Å². The Hall–Kier alpha value is -2.37. The second-order valence-corrected chi connectivity index (χ2v) is 6.02. The van der Waals surface area contributed by atoms with Crippen LogP contribution in [-0.2, 0) is 0 Å². The van der Waals surface area contributed by atoms with Gasteiger partial charge in [0.15, 0.2) is 11.8 Å². The lowest BCUT2D eigenvalue weighted by molar-refractivity contribution is 0.183. The molecule has 0 saturated carbocycles. The average Bonchev–Trinajstić information content (AvgIpc) is 3.28. The third kappa shape index (κ3) is 2.48. The topological polar surface area (TPSA) is 64.9 Å². The molecule has 1 aliphatic rings. The smallest absolute Gasteiger partial charge is 0.307 e. The molecule has 4 rings (SSSR count). The first kappa shape index (κ1) is 14.2. The minimum Gasteiger partial charge on any atom is -0.625 e. The maximum Gasteiger partial charge on any atom is 0.307 e. The highest BCUT2D eigenvalue weighted by atomic mass is 16.6. The zero-order valence-corrected chi connectivity index (χ0v) is 12.8. The number of aromatic amines is 1. The molecule has 0 spiro atoms. The van der Waals surface area contributed by atoms with Crippen molar-refractivity contribution in [3.63, 3.8) is 0 Å². The maximum atomic E-state index is 13.6. The van der Waals surface area contributed by atoms with E-state index in [1.165, 1.54) is 0 Å². The number of nitrogens with one attached hydrogen (secondary N) is 1. The Morgan fingerprint density at radius 3 is 2.78 bits per heavy atom. The van der Waals surface area contributed by atoms with Crippen molar-refractivity contribution in [2.24, 2.45) is 0 Å². The SMILES string of the molecule is [O-][N+]1(c2nc(-c3ccccc3)c[nH]2)CCCCC1c1ccco1. The molecule has 2 unspecified atom stereocenters. The Kier molecular flexibility index (Phi) is 3.52. The first-order valence-electron chi connectivity index (χ1n) is 8.01. The molecule has 1 fully saturated rings. The Labute approximate surface area is 134 Å². The molecule has 5 nitrogen and oxygen atoms in total. The number of imidazole rings is 1. The molecule has 0 bridgehead atoms. The number of nitrogens with zero attached hydrogens (tertiary/aromatic N) is 2. The van der Waals surface area contributed by atoms with E-state index in [0.717, 1.165) is 36.3 Å². The molecule has 0 radical (unpaired) electrons. The van der Waals surface area contributed by atoms with Gasteiger partial charge in [-0.15, -0.1) is 0 Å². The van der Waals surface area contributed by atoms with Gasteiger partial charge in [-0.3, -0.25) is 9.63 Å². The Balaban J connectivity index is 1.71. The van der Waals surface area contributed by atoms with Gasteiger partial charge in [0.2, 0.25) is 0 Å². The van der Waals surface area contributed by atoms with Crippen LogP contribution in [0.5, 0.6) is 0 Å². The fourth-order valence-electron chi connectivity index (χ4n) is 3.39. The predicted molar refractivity (Wildman–Crippen MR) is 89.4 cm³/mol. The number of H-pyrrole nitrogens is 1. The Morgan fingerprint density at radius 2 is 2.00 bits per heavy atom. The molecule has 2 atom stereocenters. The van der Waals surface area contributed by atoms with Crippen LogP contribution >= 0.6 is 0 Å². The van der Waals surface area contributed by atoms with E-state index in [1.54, 1.807) is 6.26 Å². The molecular weight excluding hydrogens is 290 g/mol. The lowest BCUT2D eigenvalue weighted by Crippen LogP contribution is -2.50. The van der Waals surface area contributed by atoms with Gasteiger partial charge in [0.1, 0.15) is 0 Å². The molecule has 23 heavy (non-hydrogen) atoms. The number of benzene rings is 1. The molecule has 0 aliphatic carbocycles. The number of furan rings is 1. The number of quaternary nitrogens is 1. The van der Waals surface area contributed by atoms with Crippen LogP contribution in [-0.4, -0.2) is 16.5 Å². The fourth-order valence-corrected chi connectivity index (χ4v) is 3.39. The molecular formula is C18H19N3O2. The summed E-state index contributed by atoms with van der Waals surface area (Å²) in [6.07, 6.45) is 6.21. The third-order valence-corrected chi connectivity index (χ3v) is 4.59. The summed E-state index contributed by atoms with van der Waals surface area (Å²) in [6, 6.07) is 13.4. The van der Waals surface area contributed by atoms with Crippen molar-refractivity contribution in [3.8, 4) is 11.3 Å². The lowest BCUT2D eigenvalue weighted by atomic mass is 10.00. The molecule has 0 amide bonds. The van der Waals surface area contributed by atoms with Crippen LogP contribution in [0.15, 0.2) is 59.3 Å². The van der Waals surface area contributed by atoms with Gasteiger partial charge < -0.3 is 9.62 Å². The van der Waals surface area contributed by atoms with Gasteiger partial charge in [0, 0.05) is 18.2 Å². The van der Waals surface area contributed by atoms with Crippen molar-refractivity contribution in [2.75, 3.05) is 6.54 Å². The molecule has 1 aromatic carbocycles. The predicted octanol–water partition coefficient (Wildman–Crippen LogP) is 4.40. The highest BCUT2D eigenvalue weighted by Crippen LogP contribution is 2.40. The van der Waals surface area contributed by atoms with Crippen molar-refractivity contribution >= 4 is 5.95 Å². The molecule has 118 valence electrons. The van der Waals surface area contributed by atoms with Gasteiger partial charge in [0.05, 0.1) is 18.5 Å². The largest absolute Gasteiger partial charge is 0.625 e. The molecule has 1 saturated heterocycles. The van der Waals surface area contributed by atoms with Crippen molar-refractivity contribution < 1.29 is 4.42 Å². The molecule has 1 N–H and O–H groups in total. The zero-order valence-electron chi connectivity index (χ0n) is 12.8. The van der Waals surface area contributed by atoms with Crippen molar-refractivity contribution in [1.29, 1.82) is 0 Å². The summed E-state index contributed by atoms with van der Waals surface area (Å²) < 4.78 is 5.05. The number of hydrogen-bond acceptors (Lipinski definition) is 3. The number of aromatic nitrogens is 2. The summed E-state index contributed by atoms with van der Waals surface area (Å²) >= 11 is 0. The molecule has 2 aromatic heterocycles. The summed E-state index contributed by atoms with van der Waals surface area (Å²) in [6.45, 7) is 0.521. The summed E-state index contributed by atoms with van der Waals surface area (Å²) in [7, 11) is 0. The van der Waals surface area contributed by atoms with Crippen molar-refractivity contribution in [2.45, 2.75) is 25.3 Å². The van der Waals surface area contributed by atoms with Gasteiger partial charge in [0.25, 0.3) is 0 Å². The molecule has 3 aromatic rings. The Morgan fingerprint density at radius 1 is 1.13 bits per heavy atom. The highest BCUT2D eigenvalue weighted by Gasteiger charge is 2.39. The highest BCUT2D eigenvalue weighted by molar-refractivity contribution is 5.60. The van der Waals surface area contributed by atoms with Gasteiger partial charge in [-0.2, -0.15) is 4.98 Å². The van der Waals surface area contributed by atoms with Crippen molar-refractivity contribution in [1.82, 2.24) is 14.6 Å². The fraction of sp³-hybridized carbons (Fsp3) is 0.278. The van der Waals surface area contributed by atoms with Crippen LogP contribution in [0.3, 0.4) is 0 Å². The van der Waals surface area contributed by atoms with Crippen LogP contribution in [0.25, 0.3) is 11.3 Å². The monoisotopic (exact) mass is 309 g/mol. The quantitative estimate of drug-likeness (QED) is 0.576. The summed E-state index contributed by atoms with van der Waals surface area (Å²) in [4.78, 5) is 7.71.